The lowest BCUT2D eigenvalue weighted by Crippen LogP contribution is -2.55. The van der Waals surface area contributed by atoms with Crippen molar-refractivity contribution in [1.29, 1.82) is 0 Å². The zero-order chi connectivity index (χ0) is 32.0. The summed E-state index contributed by atoms with van der Waals surface area (Å²) in [6, 6.07) is 19.1. The summed E-state index contributed by atoms with van der Waals surface area (Å²) < 4.78 is 25.9. The van der Waals surface area contributed by atoms with Gasteiger partial charge >= 0.3 is 0 Å². The highest BCUT2D eigenvalue weighted by Gasteiger charge is 2.61. The van der Waals surface area contributed by atoms with Crippen molar-refractivity contribution in [3.05, 3.63) is 60.2 Å². The minimum atomic E-state index is -3.76. The maximum atomic E-state index is 12.4. The molecule has 2 aromatic carbocycles. The molecule has 1 amide bonds. The molecule has 4 aliphatic carbocycles. The van der Waals surface area contributed by atoms with Crippen molar-refractivity contribution >= 4 is 15.9 Å². The topological polar surface area (TPSA) is 104 Å². The van der Waals surface area contributed by atoms with E-state index in [0.717, 1.165) is 30.7 Å². The van der Waals surface area contributed by atoms with E-state index in [4.69, 9.17) is 5.11 Å². The van der Waals surface area contributed by atoms with Gasteiger partial charge in [-0.3, -0.25) is 9.52 Å². The average molecular weight is 636 g/mol. The zero-order valence-electron chi connectivity index (χ0n) is 27.4. The van der Waals surface area contributed by atoms with E-state index >= 15 is 0 Å². The van der Waals surface area contributed by atoms with Crippen LogP contribution >= 0.6 is 0 Å². The summed E-state index contributed by atoms with van der Waals surface area (Å²) in [5.74, 6) is 2.66. The number of benzene rings is 2. The maximum absolute atomic E-state index is 12.4. The van der Waals surface area contributed by atoms with Crippen LogP contribution in [0.15, 0.2) is 54.6 Å². The molecule has 4 fully saturated rings. The number of aliphatic hydroxyl groups is 2. The van der Waals surface area contributed by atoms with E-state index in [1.54, 1.807) is 0 Å². The Morgan fingerprint density at radius 1 is 0.889 bits per heavy atom. The fourth-order valence-electron chi connectivity index (χ4n) is 11.0. The average Bonchev–Trinajstić information content (AvgIpc) is 3.38. The molecule has 0 aromatic heterocycles. The molecule has 0 heterocycles. The summed E-state index contributed by atoms with van der Waals surface area (Å²) in [7, 11) is -3.76. The van der Waals surface area contributed by atoms with Crippen LogP contribution in [-0.2, 0) is 20.4 Å². The molecular weight excluding hydrogens is 582 g/mol. The molecule has 0 radical (unpaired) electrons. The van der Waals surface area contributed by atoms with Gasteiger partial charge in [0.1, 0.15) is 0 Å². The summed E-state index contributed by atoms with van der Waals surface area (Å²) in [5, 5.41) is 21.0. The molecular formula is C38H53NO5S. The molecule has 4 aliphatic rings. The molecule has 0 aliphatic heterocycles. The van der Waals surface area contributed by atoms with Gasteiger partial charge in [-0.05, 0) is 127 Å². The van der Waals surface area contributed by atoms with Gasteiger partial charge in [-0.15, -0.1) is 0 Å². The number of sulfonamides is 1. The molecule has 0 saturated heterocycles. The van der Waals surface area contributed by atoms with Crippen molar-refractivity contribution in [2.45, 2.75) is 97.0 Å². The summed E-state index contributed by atoms with van der Waals surface area (Å²) in [5.41, 5.74) is 3.23. The van der Waals surface area contributed by atoms with Gasteiger partial charge in [-0.25, -0.2) is 8.42 Å². The Balaban J connectivity index is 1.10. The van der Waals surface area contributed by atoms with Gasteiger partial charge in [-0.1, -0.05) is 75.4 Å². The second-order valence-electron chi connectivity index (χ2n) is 15.6. The molecule has 0 unspecified atom stereocenters. The normalized spacial score (nSPS) is 36.8. The molecule has 4 saturated carbocycles. The van der Waals surface area contributed by atoms with Crippen molar-refractivity contribution < 1.29 is 23.4 Å². The first-order chi connectivity index (χ1) is 21.4. The van der Waals surface area contributed by atoms with Crippen LogP contribution in [-0.4, -0.2) is 36.9 Å². The fourth-order valence-corrected chi connectivity index (χ4v) is 11.8. The fraction of sp³-hybridized carbons (Fsp3) is 0.658. The minimum absolute atomic E-state index is 0.201. The molecule has 2 aromatic rings. The number of amides is 1. The van der Waals surface area contributed by atoms with E-state index < -0.39 is 33.9 Å². The first kappa shape index (κ1) is 32.7. The standard InChI is InChI=1S/C38H53NO5S/c1-26(9-18-35(41)39-45(43,44)24-23-40)32-16-17-33-31-15-14-30-25-38(42,22-21-36(30,2)34(31)19-20-37(32,33)3)29-12-10-28(11-13-29)27-7-5-4-6-8-27/h4-8,10-13,26,30-34,40,42H,9,14-25H2,1-3H3,(H,39,41)/t26-,30-,31+,32-,33+,34+,36+,37-,38+/m1/s1. The van der Waals surface area contributed by atoms with Crippen LogP contribution in [0.2, 0.25) is 0 Å². The van der Waals surface area contributed by atoms with Crippen LogP contribution in [0.3, 0.4) is 0 Å². The third-order valence-electron chi connectivity index (χ3n) is 13.5. The van der Waals surface area contributed by atoms with E-state index in [9.17, 15) is 18.3 Å². The molecule has 0 spiro atoms. The lowest BCUT2D eigenvalue weighted by Gasteiger charge is -2.62. The minimum Gasteiger partial charge on any atom is -0.395 e. The van der Waals surface area contributed by atoms with Gasteiger partial charge in [0.05, 0.1) is 18.0 Å². The second kappa shape index (κ2) is 12.4. The molecule has 7 heteroatoms. The van der Waals surface area contributed by atoms with Gasteiger partial charge in [0, 0.05) is 6.42 Å². The summed E-state index contributed by atoms with van der Waals surface area (Å²) in [6.07, 6.45) is 11.0. The smallest absolute Gasteiger partial charge is 0.237 e. The first-order valence-corrected chi connectivity index (χ1v) is 19.1. The summed E-state index contributed by atoms with van der Waals surface area (Å²) >= 11 is 0. The SMILES string of the molecule is C[C@H](CCC(=O)NS(=O)(=O)CCO)[C@H]1CC[C@H]2[C@@H]3CC[C@@H]4C[C@](O)(c5ccc(-c6ccccc6)cc5)CC[C@]4(C)[C@H]3CC[C@]12C. The van der Waals surface area contributed by atoms with Crippen molar-refractivity contribution in [3.8, 4) is 11.1 Å². The van der Waals surface area contributed by atoms with E-state index in [1.807, 2.05) is 6.07 Å². The zero-order valence-corrected chi connectivity index (χ0v) is 28.2. The first-order valence-electron chi connectivity index (χ1n) is 17.4. The van der Waals surface area contributed by atoms with Crippen molar-refractivity contribution in [2.24, 2.45) is 46.3 Å². The molecule has 45 heavy (non-hydrogen) atoms. The predicted octanol–water partition coefficient (Wildman–Crippen LogP) is 7.05. The van der Waals surface area contributed by atoms with E-state index in [-0.39, 0.29) is 17.3 Å². The molecule has 0 bridgehead atoms. The number of rotatable bonds is 9. The van der Waals surface area contributed by atoms with Crippen LogP contribution in [0.25, 0.3) is 11.1 Å². The Morgan fingerprint density at radius 2 is 1.58 bits per heavy atom. The van der Waals surface area contributed by atoms with Crippen LogP contribution in [0.4, 0.5) is 0 Å². The van der Waals surface area contributed by atoms with Crippen molar-refractivity contribution in [2.75, 3.05) is 12.4 Å². The molecule has 9 atom stereocenters. The van der Waals surface area contributed by atoms with E-state index in [2.05, 4.69) is 74.0 Å². The highest BCUT2D eigenvalue weighted by molar-refractivity contribution is 7.90. The maximum Gasteiger partial charge on any atom is 0.237 e. The predicted molar refractivity (Wildman–Crippen MR) is 178 cm³/mol. The number of aliphatic hydroxyl groups excluding tert-OH is 1. The van der Waals surface area contributed by atoms with Crippen LogP contribution in [0, 0.1) is 46.3 Å². The number of fused-ring (bicyclic) bond motifs is 5. The second-order valence-corrected chi connectivity index (χ2v) is 17.5. The third kappa shape index (κ3) is 6.14. The highest BCUT2D eigenvalue weighted by Crippen LogP contribution is 2.69. The Kier molecular flexibility index (Phi) is 9.03. The lowest BCUT2D eigenvalue weighted by atomic mass is 9.43. The van der Waals surface area contributed by atoms with Gasteiger partial charge < -0.3 is 10.2 Å². The Labute approximate surface area is 270 Å². The Hall–Kier alpha value is -2.22. The van der Waals surface area contributed by atoms with Gasteiger partial charge in [-0.2, -0.15) is 0 Å². The van der Waals surface area contributed by atoms with E-state index in [1.165, 1.54) is 49.7 Å². The van der Waals surface area contributed by atoms with E-state index in [0.29, 0.717) is 36.0 Å². The number of carbonyl (C=O) groups excluding carboxylic acids is 1. The Morgan fingerprint density at radius 3 is 2.29 bits per heavy atom. The molecule has 6 rings (SSSR count). The van der Waals surface area contributed by atoms with Crippen LogP contribution in [0.5, 0.6) is 0 Å². The third-order valence-corrected chi connectivity index (χ3v) is 14.7. The van der Waals surface area contributed by atoms with Crippen LogP contribution in [0.1, 0.15) is 97.0 Å². The monoisotopic (exact) mass is 635 g/mol. The number of hydrogen-bond acceptors (Lipinski definition) is 5. The van der Waals surface area contributed by atoms with Gasteiger partial charge in [0.2, 0.25) is 15.9 Å². The number of nitrogens with one attached hydrogen (secondary N) is 1. The number of carbonyl (C=O) groups is 1. The number of hydrogen-bond donors (Lipinski definition) is 3. The van der Waals surface area contributed by atoms with Crippen LogP contribution < -0.4 is 4.72 Å². The summed E-state index contributed by atoms with van der Waals surface area (Å²) in [6.45, 7) is 6.83. The molecule has 3 N–H and O–H groups in total. The Bertz CT molecular complexity index is 1460. The van der Waals surface area contributed by atoms with Crippen molar-refractivity contribution in [3.63, 3.8) is 0 Å². The van der Waals surface area contributed by atoms with Gasteiger partial charge in [0.25, 0.3) is 0 Å². The summed E-state index contributed by atoms with van der Waals surface area (Å²) in [4.78, 5) is 12.4. The molecule has 6 nitrogen and oxygen atoms in total. The molecule has 246 valence electrons. The largest absolute Gasteiger partial charge is 0.395 e. The highest BCUT2D eigenvalue weighted by atomic mass is 32.2. The quantitative estimate of drug-likeness (QED) is 0.274. The lowest BCUT2D eigenvalue weighted by molar-refractivity contribution is -0.154. The van der Waals surface area contributed by atoms with Crippen molar-refractivity contribution in [1.82, 2.24) is 4.72 Å². The van der Waals surface area contributed by atoms with Gasteiger partial charge in [0.15, 0.2) is 0 Å².